The standard InChI is InChI=1S/C9H18N2/c10-7-3-1-5-9(7)6-2-4-8(9)11/h7-8H,1-6,10-11H2/t7-,8?,9?/m0/s1. The molecule has 0 aromatic rings. The van der Waals surface area contributed by atoms with E-state index in [4.69, 9.17) is 11.5 Å². The molecule has 0 aromatic heterocycles. The lowest BCUT2D eigenvalue weighted by atomic mass is 9.78. The Balaban J connectivity index is 2.19. The van der Waals surface area contributed by atoms with Crippen LogP contribution >= 0.6 is 0 Å². The zero-order chi connectivity index (χ0) is 7.90. The third kappa shape index (κ3) is 0.926. The molecular weight excluding hydrogens is 136 g/mol. The summed E-state index contributed by atoms with van der Waals surface area (Å²) in [4.78, 5) is 0. The molecule has 1 spiro atoms. The van der Waals surface area contributed by atoms with Crippen molar-refractivity contribution in [3.63, 3.8) is 0 Å². The van der Waals surface area contributed by atoms with Gasteiger partial charge in [0.25, 0.3) is 0 Å². The van der Waals surface area contributed by atoms with Gasteiger partial charge >= 0.3 is 0 Å². The van der Waals surface area contributed by atoms with E-state index in [9.17, 15) is 0 Å². The second-order valence-electron chi connectivity index (χ2n) is 4.23. The van der Waals surface area contributed by atoms with Crippen molar-refractivity contribution in [2.75, 3.05) is 0 Å². The molecule has 0 amide bonds. The highest BCUT2D eigenvalue weighted by Gasteiger charge is 2.47. The van der Waals surface area contributed by atoms with E-state index < -0.39 is 0 Å². The Bertz CT molecular complexity index is 138. The fourth-order valence-corrected chi connectivity index (χ4v) is 3.02. The molecule has 2 nitrogen and oxygen atoms in total. The smallest absolute Gasteiger partial charge is 0.0110 e. The Morgan fingerprint density at radius 3 is 1.64 bits per heavy atom. The van der Waals surface area contributed by atoms with Gasteiger partial charge < -0.3 is 11.5 Å². The molecule has 64 valence electrons. The van der Waals surface area contributed by atoms with E-state index in [1.165, 1.54) is 38.5 Å². The van der Waals surface area contributed by atoms with Crippen LogP contribution in [0.4, 0.5) is 0 Å². The minimum Gasteiger partial charge on any atom is -0.327 e. The van der Waals surface area contributed by atoms with Gasteiger partial charge in [0.15, 0.2) is 0 Å². The molecule has 2 heteroatoms. The maximum absolute atomic E-state index is 6.09. The van der Waals surface area contributed by atoms with Crippen LogP contribution in [0, 0.1) is 5.41 Å². The van der Waals surface area contributed by atoms with Gasteiger partial charge in [-0.05, 0) is 25.7 Å². The fourth-order valence-electron chi connectivity index (χ4n) is 3.02. The molecule has 0 heterocycles. The molecule has 0 radical (unpaired) electrons. The minimum absolute atomic E-state index is 0.361. The third-order valence-electron chi connectivity index (χ3n) is 3.79. The molecular formula is C9H18N2. The Hall–Kier alpha value is -0.0800. The molecule has 0 saturated heterocycles. The SMILES string of the molecule is NC1CCCC12CCC[C@@H]2N. The van der Waals surface area contributed by atoms with E-state index in [1.54, 1.807) is 0 Å². The summed E-state index contributed by atoms with van der Waals surface area (Å²) in [6.45, 7) is 0. The highest BCUT2D eigenvalue weighted by atomic mass is 14.8. The maximum Gasteiger partial charge on any atom is 0.0110 e. The monoisotopic (exact) mass is 154 g/mol. The lowest BCUT2D eigenvalue weighted by molar-refractivity contribution is 0.235. The topological polar surface area (TPSA) is 52.0 Å². The summed E-state index contributed by atoms with van der Waals surface area (Å²) in [7, 11) is 0. The van der Waals surface area contributed by atoms with Crippen molar-refractivity contribution < 1.29 is 0 Å². The molecule has 0 bridgehead atoms. The molecule has 0 aromatic carbocycles. The Labute approximate surface area is 68.3 Å². The summed E-state index contributed by atoms with van der Waals surface area (Å²) >= 11 is 0. The minimum atomic E-state index is 0.361. The number of nitrogens with two attached hydrogens (primary N) is 2. The molecule has 2 aliphatic rings. The molecule has 2 aliphatic carbocycles. The van der Waals surface area contributed by atoms with E-state index in [-0.39, 0.29) is 0 Å². The zero-order valence-electron chi connectivity index (χ0n) is 7.05. The van der Waals surface area contributed by atoms with Gasteiger partial charge in [0.1, 0.15) is 0 Å². The summed E-state index contributed by atoms with van der Waals surface area (Å²) in [5.41, 5.74) is 12.5. The molecule has 2 rings (SSSR count). The van der Waals surface area contributed by atoms with Gasteiger partial charge in [0, 0.05) is 17.5 Å². The molecule has 2 fully saturated rings. The Morgan fingerprint density at radius 2 is 1.36 bits per heavy atom. The number of hydrogen-bond acceptors (Lipinski definition) is 2. The first-order chi connectivity index (χ1) is 5.26. The number of hydrogen-bond donors (Lipinski definition) is 2. The van der Waals surface area contributed by atoms with Crippen molar-refractivity contribution in [3.05, 3.63) is 0 Å². The predicted octanol–water partition coefficient (Wildman–Crippen LogP) is 0.995. The summed E-state index contributed by atoms with van der Waals surface area (Å²) in [6.07, 6.45) is 7.58. The van der Waals surface area contributed by atoms with Crippen molar-refractivity contribution in [1.29, 1.82) is 0 Å². The van der Waals surface area contributed by atoms with Crippen LogP contribution in [0.5, 0.6) is 0 Å². The second-order valence-corrected chi connectivity index (χ2v) is 4.23. The lowest BCUT2D eigenvalue weighted by Crippen LogP contribution is -2.46. The molecule has 0 aliphatic heterocycles. The van der Waals surface area contributed by atoms with Crippen LogP contribution in [-0.2, 0) is 0 Å². The molecule has 2 saturated carbocycles. The highest BCUT2D eigenvalue weighted by molar-refractivity contribution is 5.04. The Kier molecular flexibility index (Phi) is 1.69. The molecule has 2 unspecified atom stereocenters. The van der Waals surface area contributed by atoms with Crippen molar-refractivity contribution in [2.24, 2.45) is 16.9 Å². The quantitative estimate of drug-likeness (QED) is 0.547. The van der Waals surface area contributed by atoms with Gasteiger partial charge in [-0.25, -0.2) is 0 Å². The average Bonchev–Trinajstić information content (AvgIpc) is 2.48. The zero-order valence-corrected chi connectivity index (χ0v) is 7.05. The molecule has 4 N–H and O–H groups in total. The van der Waals surface area contributed by atoms with Gasteiger partial charge in [0.05, 0.1) is 0 Å². The van der Waals surface area contributed by atoms with Crippen LogP contribution in [0.25, 0.3) is 0 Å². The van der Waals surface area contributed by atoms with Crippen LogP contribution in [0.1, 0.15) is 38.5 Å². The van der Waals surface area contributed by atoms with E-state index in [2.05, 4.69) is 0 Å². The normalized spacial score (nSPS) is 50.7. The van der Waals surface area contributed by atoms with Gasteiger partial charge in [-0.2, -0.15) is 0 Å². The van der Waals surface area contributed by atoms with E-state index in [1.807, 2.05) is 0 Å². The van der Waals surface area contributed by atoms with Gasteiger partial charge in [0.2, 0.25) is 0 Å². The largest absolute Gasteiger partial charge is 0.327 e. The first kappa shape index (κ1) is 7.56. The van der Waals surface area contributed by atoms with Gasteiger partial charge in [-0.15, -0.1) is 0 Å². The average molecular weight is 154 g/mol. The van der Waals surface area contributed by atoms with Crippen LogP contribution in [0.15, 0.2) is 0 Å². The predicted molar refractivity (Wildman–Crippen MR) is 46.1 cm³/mol. The summed E-state index contributed by atoms with van der Waals surface area (Å²) in [5, 5.41) is 0. The third-order valence-corrected chi connectivity index (χ3v) is 3.79. The van der Waals surface area contributed by atoms with Crippen molar-refractivity contribution in [1.82, 2.24) is 0 Å². The lowest BCUT2D eigenvalue weighted by Gasteiger charge is -2.33. The van der Waals surface area contributed by atoms with Crippen LogP contribution in [0.2, 0.25) is 0 Å². The molecule has 3 atom stereocenters. The van der Waals surface area contributed by atoms with Crippen LogP contribution < -0.4 is 11.5 Å². The maximum atomic E-state index is 6.09. The first-order valence-electron chi connectivity index (χ1n) is 4.77. The van der Waals surface area contributed by atoms with Crippen LogP contribution in [0.3, 0.4) is 0 Å². The molecule has 11 heavy (non-hydrogen) atoms. The van der Waals surface area contributed by atoms with E-state index in [0.717, 1.165) is 0 Å². The van der Waals surface area contributed by atoms with E-state index >= 15 is 0 Å². The summed E-state index contributed by atoms with van der Waals surface area (Å²) < 4.78 is 0. The van der Waals surface area contributed by atoms with Crippen molar-refractivity contribution >= 4 is 0 Å². The number of rotatable bonds is 0. The summed E-state index contributed by atoms with van der Waals surface area (Å²) in [6, 6.07) is 0.806. The fraction of sp³-hybridized carbons (Fsp3) is 1.00. The van der Waals surface area contributed by atoms with Crippen molar-refractivity contribution in [2.45, 2.75) is 50.6 Å². The van der Waals surface area contributed by atoms with Gasteiger partial charge in [-0.1, -0.05) is 12.8 Å². The Morgan fingerprint density at radius 1 is 0.909 bits per heavy atom. The second kappa shape index (κ2) is 2.46. The van der Waals surface area contributed by atoms with E-state index in [0.29, 0.717) is 17.5 Å². The first-order valence-corrected chi connectivity index (χ1v) is 4.77. The van der Waals surface area contributed by atoms with Gasteiger partial charge in [-0.3, -0.25) is 0 Å². The highest BCUT2D eigenvalue weighted by Crippen LogP contribution is 2.48. The summed E-state index contributed by atoms with van der Waals surface area (Å²) in [5.74, 6) is 0. The van der Waals surface area contributed by atoms with Crippen LogP contribution in [-0.4, -0.2) is 12.1 Å². The van der Waals surface area contributed by atoms with Crippen molar-refractivity contribution in [3.8, 4) is 0 Å².